The third-order valence-corrected chi connectivity index (χ3v) is 4.44. The number of piperidine rings is 1. The SMILES string of the molecule is Cc1cnn([C@@H]2CCCN(C(=O)[C@H](C)OCC3CC3)C2)c1. The summed E-state index contributed by atoms with van der Waals surface area (Å²) >= 11 is 0. The maximum atomic E-state index is 12.5. The highest BCUT2D eigenvalue weighted by molar-refractivity contribution is 5.80. The predicted molar refractivity (Wildman–Crippen MR) is 80.0 cm³/mol. The maximum absolute atomic E-state index is 12.5. The van der Waals surface area contributed by atoms with Crippen LogP contribution in [0.2, 0.25) is 0 Å². The molecule has 1 amide bonds. The van der Waals surface area contributed by atoms with E-state index in [1.807, 2.05) is 29.6 Å². The summed E-state index contributed by atoms with van der Waals surface area (Å²) in [5.74, 6) is 0.825. The summed E-state index contributed by atoms with van der Waals surface area (Å²) < 4.78 is 7.72. The van der Waals surface area contributed by atoms with Crippen LogP contribution in [0.15, 0.2) is 12.4 Å². The van der Waals surface area contributed by atoms with Crippen molar-refractivity contribution in [3.05, 3.63) is 18.0 Å². The molecule has 0 unspecified atom stereocenters. The van der Waals surface area contributed by atoms with Crippen molar-refractivity contribution >= 4 is 5.91 Å². The van der Waals surface area contributed by atoms with Crippen LogP contribution in [-0.4, -0.2) is 46.4 Å². The van der Waals surface area contributed by atoms with Gasteiger partial charge in [0, 0.05) is 19.3 Å². The molecule has 2 heterocycles. The maximum Gasteiger partial charge on any atom is 0.251 e. The van der Waals surface area contributed by atoms with E-state index in [2.05, 4.69) is 11.3 Å². The van der Waals surface area contributed by atoms with Crippen molar-refractivity contribution in [2.75, 3.05) is 19.7 Å². The average Bonchev–Trinajstić information content (AvgIpc) is 3.24. The first-order chi connectivity index (χ1) is 10.1. The number of carbonyl (C=O) groups is 1. The van der Waals surface area contributed by atoms with Crippen molar-refractivity contribution in [1.82, 2.24) is 14.7 Å². The molecule has 0 aromatic carbocycles. The van der Waals surface area contributed by atoms with Crippen LogP contribution in [0.1, 0.15) is 44.2 Å². The molecule has 2 aliphatic rings. The van der Waals surface area contributed by atoms with Gasteiger partial charge in [0.2, 0.25) is 0 Å². The zero-order valence-electron chi connectivity index (χ0n) is 13.0. The first-order valence-electron chi connectivity index (χ1n) is 8.04. The minimum atomic E-state index is -0.316. The lowest BCUT2D eigenvalue weighted by Crippen LogP contribution is -2.45. The second kappa shape index (κ2) is 6.18. The van der Waals surface area contributed by atoms with Crippen molar-refractivity contribution in [2.45, 2.75) is 51.7 Å². The second-order valence-electron chi connectivity index (χ2n) is 6.50. The lowest BCUT2D eigenvalue weighted by Gasteiger charge is -2.34. The van der Waals surface area contributed by atoms with Gasteiger partial charge in [-0.05, 0) is 51.0 Å². The first kappa shape index (κ1) is 14.6. The monoisotopic (exact) mass is 291 g/mol. The van der Waals surface area contributed by atoms with Gasteiger partial charge in [-0.2, -0.15) is 5.10 Å². The molecular weight excluding hydrogens is 266 g/mol. The molecule has 0 spiro atoms. The third kappa shape index (κ3) is 3.64. The number of hydrogen-bond acceptors (Lipinski definition) is 3. The van der Waals surface area contributed by atoms with Gasteiger partial charge in [0.25, 0.3) is 5.91 Å². The summed E-state index contributed by atoms with van der Waals surface area (Å²) in [6.07, 6.45) is 8.25. The molecule has 5 nitrogen and oxygen atoms in total. The molecule has 2 atom stereocenters. The number of ether oxygens (including phenoxy) is 1. The summed E-state index contributed by atoms with van der Waals surface area (Å²) in [4.78, 5) is 14.4. The molecule has 1 aliphatic carbocycles. The van der Waals surface area contributed by atoms with E-state index in [1.54, 1.807) is 0 Å². The molecule has 0 radical (unpaired) electrons. The zero-order valence-corrected chi connectivity index (χ0v) is 13.0. The number of nitrogens with zero attached hydrogens (tertiary/aromatic N) is 3. The Morgan fingerprint density at radius 2 is 2.29 bits per heavy atom. The molecule has 2 fully saturated rings. The van der Waals surface area contributed by atoms with Gasteiger partial charge in [-0.1, -0.05) is 0 Å². The molecule has 3 rings (SSSR count). The fourth-order valence-corrected chi connectivity index (χ4v) is 2.90. The van der Waals surface area contributed by atoms with E-state index in [0.29, 0.717) is 12.0 Å². The summed E-state index contributed by atoms with van der Waals surface area (Å²) in [5, 5.41) is 4.39. The molecule has 1 saturated heterocycles. The Morgan fingerprint density at radius 3 is 2.95 bits per heavy atom. The molecule has 1 aromatic rings. The number of likely N-dealkylation sites (tertiary alicyclic amines) is 1. The smallest absolute Gasteiger partial charge is 0.251 e. The van der Waals surface area contributed by atoms with Crippen LogP contribution in [0, 0.1) is 12.8 Å². The molecular formula is C16H25N3O2. The number of rotatable bonds is 5. The van der Waals surface area contributed by atoms with Gasteiger partial charge in [-0.3, -0.25) is 9.48 Å². The Bertz CT molecular complexity index is 495. The molecule has 0 N–H and O–H groups in total. The Kier molecular flexibility index (Phi) is 4.29. The molecule has 0 bridgehead atoms. The number of amides is 1. The van der Waals surface area contributed by atoms with Crippen LogP contribution in [0.3, 0.4) is 0 Å². The van der Waals surface area contributed by atoms with Crippen molar-refractivity contribution in [1.29, 1.82) is 0 Å². The van der Waals surface area contributed by atoms with E-state index < -0.39 is 0 Å². The van der Waals surface area contributed by atoms with Crippen LogP contribution in [0.25, 0.3) is 0 Å². The second-order valence-corrected chi connectivity index (χ2v) is 6.50. The lowest BCUT2D eigenvalue weighted by atomic mass is 10.1. The largest absolute Gasteiger partial charge is 0.368 e. The van der Waals surface area contributed by atoms with Crippen molar-refractivity contribution in [2.24, 2.45) is 5.92 Å². The van der Waals surface area contributed by atoms with Crippen molar-refractivity contribution < 1.29 is 9.53 Å². The summed E-state index contributed by atoms with van der Waals surface area (Å²) in [7, 11) is 0. The highest BCUT2D eigenvalue weighted by Gasteiger charge is 2.30. The molecule has 21 heavy (non-hydrogen) atoms. The van der Waals surface area contributed by atoms with Crippen LogP contribution < -0.4 is 0 Å². The molecule has 1 saturated carbocycles. The van der Waals surface area contributed by atoms with Gasteiger partial charge in [0.1, 0.15) is 6.10 Å². The van der Waals surface area contributed by atoms with Gasteiger partial charge in [0.15, 0.2) is 0 Å². The lowest BCUT2D eigenvalue weighted by molar-refractivity contribution is -0.144. The van der Waals surface area contributed by atoms with Gasteiger partial charge in [0.05, 0.1) is 18.8 Å². The molecule has 116 valence electrons. The summed E-state index contributed by atoms with van der Waals surface area (Å²) in [6.45, 7) is 6.25. The number of aryl methyl sites for hydroxylation is 1. The standard InChI is InChI=1S/C16H25N3O2/c1-12-8-17-19(9-12)15-4-3-7-18(10-15)16(20)13(2)21-11-14-5-6-14/h8-9,13-15H,3-7,10-11H2,1-2H3/t13-,15+/m0/s1. The first-order valence-corrected chi connectivity index (χ1v) is 8.04. The number of aromatic nitrogens is 2. The number of carbonyl (C=O) groups excluding carboxylic acids is 1. The van der Waals surface area contributed by atoms with Crippen LogP contribution in [0.5, 0.6) is 0 Å². The Balaban J connectivity index is 1.55. The quantitative estimate of drug-likeness (QED) is 0.835. The van der Waals surface area contributed by atoms with Gasteiger partial charge in [-0.25, -0.2) is 0 Å². The number of hydrogen-bond donors (Lipinski definition) is 0. The Hall–Kier alpha value is -1.36. The highest BCUT2D eigenvalue weighted by atomic mass is 16.5. The molecule has 1 aliphatic heterocycles. The van der Waals surface area contributed by atoms with E-state index in [0.717, 1.165) is 32.5 Å². The minimum Gasteiger partial charge on any atom is -0.368 e. The summed E-state index contributed by atoms with van der Waals surface area (Å²) in [6, 6.07) is 0.298. The van der Waals surface area contributed by atoms with Crippen LogP contribution >= 0.6 is 0 Å². The minimum absolute atomic E-state index is 0.129. The zero-order chi connectivity index (χ0) is 14.8. The molecule has 5 heteroatoms. The van der Waals surface area contributed by atoms with E-state index in [-0.39, 0.29) is 12.0 Å². The Labute approximate surface area is 126 Å². The Morgan fingerprint density at radius 1 is 1.48 bits per heavy atom. The van der Waals surface area contributed by atoms with E-state index in [1.165, 1.54) is 18.4 Å². The van der Waals surface area contributed by atoms with E-state index >= 15 is 0 Å². The van der Waals surface area contributed by atoms with Crippen LogP contribution in [-0.2, 0) is 9.53 Å². The van der Waals surface area contributed by atoms with Gasteiger partial charge < -0.3 is 9.64 Å². The van der Waals surface area contributed by atoms with Crippen LogP contribution in [0.4, 0.5) is 0 Å². The topological polar surface area (TPSA) is 47.4 Å². The normalized spacial score (nSPS) is 24.1. The average molecular weight is 291 g/mol. The highest BCUT2D eigenvalue weighted by Crippen LogP contribution is 2.29. The van der Waals surface area contributed by atoms with Crippen molar-refractivity contribution in [3.8, 4) is 0 Å². The fourth-order valence-electron chi connectivity index (χ4n) is 2.90. The van der Waals surface area contributed by atoms with E-state index in [4.69, 9.17) is 4.74 Å². The van der Waals surface area contributed by atoms with Crippen molar-refractivity contribution in [3.63, 3.8) is 0 Å². The van der Waals surface area contributed by atoms with E-state index in [9.17, 15) is 4.79 Å². The third-order valence-electron chi connectivity index (χ3n) is 4.44. The molecule has 1 aromatic heterocycles. The van der Waals surface area contributed by atoms with Gasteiger partial charge in [-0.15, -0.1) is 0 Å². The summed E-state index contributed by atoms with van der Waals surface area (Å²) in [5.41, 5.74) is 1.17. The predicted octanol–water partition coefficient (Wildman–Crippen LogP) is 2.17. The fraction of sp³-hybridized carbons (Fsp3) is 0.750. The van der Waals surface area contributed by atoms with Gasteiger partial charge >= 0.3 is 0 Å².